The van der Waals surface area contributed by atoms with E-state index in [1.54, 1.807) is 0 Å². The lowest BCUT2D eigenvalue weighted by molar-refractivity contribution is 0.195. The Hall–Kier alpha value is -0.0400. The molecule has 4 unspecified atom stereocenters. The van der Waals surface area contributed by atoms with E-state index in [0.29, 0.717) is 6.04 Å². The predicted octanol–water partition coefficient (Wildman–Crippen LogP) is 3.97. The van der Waals surface area contributed by atoms with Crippen molar-refractivity contribution in [2.75, 3.05) is 0 Å². The molecule has 0 saturated heterocycles. The first kappa shape index (κ1) is 13.0. The fourth-order valence-corrected chi connectivity index (χ4v) is 2.89. The van der Waals surface area contributed by atoms with Crippen molar-refractivity contribution in [2.24, 2.45) is 23.5 Å². The second-order valence-electron chi connectivity index (χ2n) is 5.76. The maximum Gasteiger partial charge on any atom is 0.00388 e. The Bertz CT molecular complexity index is 167. The second kappa shape index (κ2) is 6.52. The largest absolute Gasteiger partial charge is 0.328 e. The molecule has 0 bridgehead atoms. The van der Waals surface area contributed by atoms with Gasteiger partial charge in [-0.15, -0.1) is 0 Å². The number of hydrogen-bond donors (Lipinski definition) is 1. The summed E-state index contributed by atoms with van der Waals surface area (Å²) in [6.07, 6.45) is 9.40. The summed E-state index contributed by atoms with van der Waals surface area (Å²) in [7, 11) is 0. The topological polar surface area (TPSA) is 26.0 Å². The molecular formula is C14H29N. The lowest BCUT2D eigenvalue weighted by Crippen LogP contribution is -2.24. The Labute approximate surface area is 95.8 Å². The van der Waals surface area contributed by atoms with Crippen LogP contribution < -0.4 is 5.73 Å². The standard InChI is InChI=1S/C14H29N/c1-4-5-14(15)9-8-13-7-6-11(2)12(3)10-13/h11-14H,4-10,15H2,1-3H3. The van der Waals surface area contributed by atoms with Crippen LogP contribution in [0.2, 0.25) is 0 Å². The molecule has 90 valence electrons. The number of hydrogen-bond acceptors (Lipinski definition) is 1. The number of nitrogens with two attached hydrogens (primary N) is 1. The minimum absolute atomic E-state index is 0.463. The molecule has 0 spiro atoms. The van der Waals surface area contributed by atoms with Crippen molar-refractivity contribution in [2.45, 2.75) is 71.8 Å². The van der Waals surface area contributed by atoms with Crippen molar-refractivity contribution in [1.29, 1.82) is 0 Å². The Morgan fingerprint density at radius 1 is 1.13 bits per heavy atom. The van der Waals surface area contributed by atoms with Crippen LogP contribution in [-0.2, 0) is 0 Å². The maximum atomic E-state index is 6.06. The van der Waals surface area contributed by atoms with Crippen LogP contribution in [0.25, 0.3) is 0 Å². The van der Waals surface area contributed by atoms with Gasteiger partial charge in [-0.2, -0.15) is 0 Å². The molecule has 1 aliphatic carbocycles. The third kappa shape index (κ3) is 4.55. The Morgan fingerprint density at radius 3 is 2.47 bits per heavy atom. The van der Waals surface area contributed by atoms with Gasteiger partial charge in [0.05, 0.1) is 0 Å². The SMILES string of the molecule is CCCC(N)CCC1CCC(C)C(C)C1. The Balaban J connectivity index is 2.16. The molecule has 1 fully saturated rings. The Kier molecular flexibility index (Phi) is 5.66. The fraction of sp³-hybridized carbons (Fsp3) is 1.00. The van der Waals surface area contributed by atoms with Crippen molar-refractivity contribution < 1.29 is 0 Å². The van der Waals surface area contributed by atoms with E-state index >= 15 is 0 Å². The van der Waals surface area contributed by atoms with E-state index in [-0.39, 0.29) is 0 Å². The van der Waals surface area contributed by atoms with E-state index in [1.165, 1.54) is 44.9 Å². The first-order valence-electron chi connectivity index (χ1n) is 6.89. The lowest BCUT2D eigenvalue weighted by Gasteiger charge is -2.32. The summed E-state index contributed by atoms with van der Waals surface area (Å²) in [5, 5.41) is 0. The maximum absolute atomic E-state index is 6.06. The van der Waals surface area contributed by atoms with E-state index in [9.17, 15) is 0 Å². The van der Waals surface area contributed by atoms with Gasteiger partial charge >= 0.3 is 0 Å². The van der Waals surface area contributed by atoms with Crippen LogP contribution in [0.5, 0.6) is 0 Å². The molecule has 0 aromatic heterocycles. The summed E-state index contributed by atoms with van der Waals surface area (Å²) in [5.74, 6) is 2.86. The summed E-state index contributed by atoms with van der Waals surface area (Å²) in [6.45, 7) is 7.05. The Morgan fingerprint density at radius 2 is 1.87 bits per heavy atom. The highest BCUT2D eigenvalue weighted by atomic mass is 14.6. The zero-order valence-electron chi connectivity index (χ0n) is 10.8. The van der Waals surface area contributed by atoms with Crippen molar-refractivity contribution >= 4 is 0 Å². The molecule has 0 aromatic rings. The van der Waals surface area contributed by atoms with E-state index in [0.717, 1.165) is 17.8 Å². The van der Waals surface area contributed by atoms with Gasteiger partial charge < -0.3 is 5.73 Å². The molecule has 2 N–H and O–H groups in total. The number of rotatable bonds is 5. The van der Waals surface area contributed by atoms with Gasteiger partial charge in [-0.25, -0.2) is 0 Å². The molecule has 1 heteroatoms. The van der Waals surface area contributed by atoms with E-state index in [1.807, 2.05) is 0 Å². The summed E-state index contributed by atoms with van der Waals surface area (Å²) in [6, 6.07) is 0.463. The molecule has 0 aliphatic heterocycles. The molecular weight excluding hydrogens is 182 g/mol. The van der Waals surface area contributed by atoms with Gasteiger partial charge in [0.1, 0.15) is 0 Å². The van der Waals surface area contributed by atoms with Crippen LogP contribution in [0.1, 0.15) is 65.7 Å². The highest BCUT2D eigenvalue weighted by molar-refractivity contribution is 4.76. The van der Waals surface area contributed by atoms with Gasteiger partial charge in [-0.3, -0.25) is 0 Å². The van der Waals surface area contributed by atoms with Crippen LogP contribution >= 0.6 is 0 Å². The van der Waals surface area contributed by atoms with Gasteiger partial charge in [0.2, 0.25) is 0 Å². The van der Waals surface area contributed by atoms with Crippen molar-refractivity contribution in [3.63, 3.8) is 0 Å². The molecule has 15 heavy (non-hydrogen) atoms. The van der Waals surface area contributed by atoms with Gasteiger partial charge in [0.15, 0.2) is 0 Å². The molecule has 1 nitrogen and oxygen atoms in total. The average molecular weight is 211 g/mol. The first-order chi connectivity index (χ1) is 7.13. The molecule has 4 atom stereocenters. The minimum atomic E-state index is 0.463. The third-order valence-electron chi connectivity index (χ3n) is 4.31. The molecule has 0 aromatic carbocycles. The summed E-state index contributed by atoms with van der Waals surface area (Å²) >= 11 is 0. The van der Waals surface area contributed by atoms with Gasteiger partial charge in [-0.05, 0) is 43.4 Å². The molecule has 0 amide bonds. The zero-order valence-corrected chi connectivity index (χ0v) is 10.8. The van der Waals surface area contributed by atoms with Crippen molar-refractivity contribution in [1.82, 2.24) is 0 Å². The average Bonchev–Trinajstić information content (AvgIpc) is 2.20. The van der Waals surface area contributed by atoms with E-state index in [4.69, 9.17) is 5.73 Å². The van der Waals surface area contributed by atoms with Crippen LogP contribution in [0, 0.1) is 17.8 Å². The van der Waals surface area contributed by atoms with E-state index < -0.39 is 0 Å². The van der Waals surface area contributed by atoms with Gasteiger partial charge in [0.25, 0.3) is 0 Å². The van der Waals surface area contributed by atoms with E-state index in [2.05, 4.69) is 20.8 Å². The summed E-state index contributed by atoms with van der Waals surface area (Å²) in [5.41, 5.74) is 6.06. The molecule has 1 rings (SSSR count). The predicted molar refractivity (Wildman–Crippen MR) is 67.8 cm³/mol. The molecule has 0 heterocycles. The first-order valence-corrected chi connectivity index (χ1v) is 6.89. The lowest BCUT2D eigenvalue weighted by atomic mass is 9.74. The van der Waals surface area contributed by atoms with Gasteiger partial charge in [-0.1, -0.05) is 40.0 Å². The van der Waals surface area contributed by atoms with Gasteiger partial charge in [0, 0.05) is 6.04 Å². The highest BCUT2D eigenvalue weighted by Crippen LogP contribution is 2.35. The molecule has 1 aliphatic rings. The highest BCUT2D eigenvalue weighted by Gasteiger charge is 2.24. The minimum Gasteiger partial charge on any atom is -0.328 e. The van der Waals surface area contributed by atoms with Crippen LogP contribution in [0.3, 0.4) is 0 Å². The quantitative estimate of drug-likeness (QED) is 0.731. The third-order valence-corrected chi connectivity index (χ3v) is 4.31. The van der Waals surface area contributed by atoms with Crippen LogP contribution in [0.4, 0.5) is 0 Å². The second-order valence-corrected chi connectivity index (χ2v) is 5.76. The zero-order chi connectivity index (χ0) is 11.3. The van der Waals surface area contributed by atoms with Crippen molar-refractivity contribution in [3.05, 3.63) is 0 Å². The normalized spacial score (nSPS) is 34.0. The molecule has 1 saturated carbocycles. The van der Waals surface area contributed by atoms with Crippen molar-refractivity contribution in [3.8, 4) is 0 Å². The fourth-order valence-electron chi connectivity index (χ4n) is 2.89. The van der Waals surface area contributed by atoms with Crippen LogP contribution in [0.15, 0.2) is 0 Å². The monoisotopic (exact) mass is 211 g/mol. The molecule has 0 radical (unpaired) electrons. The summed E-state index contributed by atoms with van der Waals surface area (Å²) in [4.78, 5) is 0. The van der Waals surface area contributed by atoms with Crippen LogP contribution in [-0.4, -0.2) is 6.04 Å². The summed E-state index contributed by atoms with van der Waals surface area (Å²) < 4.78 is 0. The smallest absolute Gasteiger partial charge is 0.00388 e.